The van der Waals surface area contributed by atoms with Crippen molar-refractivity contribution in [2.45, 2.75) is 0 Å². The number of carbonyl (C=O) groups is 1. The van der Waals surface area contributed by atoms with Crippen molar-refractivity contribution in [3.8, 4) is 0 Å². The molecule has 8 heteroatoms. The third-order valence-electron chi connectivity index (χ3n) is 2.42. The zero-order chi connectivity index (χ0) is 15.1. The number of halogens is 2. The molecule has 0 saturated heterocycles. The van der Waals surface area contributed by atoms with E-state index in [-0.39, 0.29) is 6.03 Å². The first-order valence-corrected chi connectivity index (χ1v) is 6.91. The van der Waals surface area contributed by atoms with Gasteiger partial charge in [-0.2, -0.15) is 0 Å². The van der Waals surface area contributed by atoms with Crippen LogP contribution in [0.2, 0.25) is 10.0 Å². The van der Waals surface area contributed by atoms with E-state index in [2.05, 4.69) is 25.9 Å². The van der Waals surface area contributed by atoms with E-state index in [1.165, 1.54) is 6.20 Å². The van der Waals surface area contributed by atoms with Gasteiger partial charge >= 0.3 is 6.03 Å². The van der Waals surface area contributed by atoms with Crippen LogP contribution in [0, 0.1) is 0 Å². The molecule has 2 aromatic heterocycles. The van der Waals surface area contributed by atoms with E-state index in [0.717, 1.165) is 0 Å². The average Bonchev–Trinajstić information content (AvgIpc) is 2.46. The van der Waals surface area contributed by atoms with Crippen molar-refractivity contribution in [2.24, 2.45) is 0 Å². The fourth-order valence-corrected chi connectivity index (χ4v) is 1.95. The maximum atomic E-state index is 11.6. The van der Waals surface area contributed by atoms with Gasteiger partial charge in [0.05, 0.1) is 10.0 Å². The van der Waals surface area contributed by atoms with Crippen LogP contribution < -0.4 is 16.0 Å². The van der Waals surface area contributed by atoms with Crippen LogP contribution >= 0.6 is 23.2 Å². The Morgan fingerprint density at radius 3 is 2.76 bits per heavy atom. The fourth-order valence-electron chi connectivity index (χ4n) is 1.50. The summed E-state index contributed by atoms with van der Waals surface area (Å²) in [6, 6.07) is 6.54. The monoisotopic (exact) mass is 325 g/mol. The molecule has 110 valence electrons. The van der Waals surface area contributed by atoms with Gasteiger partial charge in [0.25, 0.3) is 0 Å². The Morgan fingerprint density at radius 2 is 2.05 bits per heavy atom. The minimum absolute atomic E-state index is 0.328. The second kappa shape index (κ2) is 7.66. The van der Waals surface area contributed by atoms with Gasteiger partial charge in [0.1, 0.15) is 11.6 Å². The highest BCUT2D eigenvalue weighted by Gasteiger charge is 2.03. The number of carbonyl (C=O) groups excluding carboxylic acids is 1. The Balaban J connectivity index is 1.71. The summed E-state index contributed by atoms with van der Waals surface area (Å²) in [5.74, 6) is 1.01. The number of hydrogen-bond acceptors (Lipinski definition) is 4. The molecule has 3 N–H and O–H groups in total. The van der Waals surface area contributed by atoms with E-state index in [1.54, 1.807) is 30.5 Å². The van der Waals surface area contributed by atoms with E-state index in [4.69, 9.17) is 23.2 Å². The van der Waals surface area contributed by atoms with Gasteiger partial charge in [-0.3, -0.25) is 5.32 Å². The summed E-state index contributed by atoms with van der Waals surface area (Å²) in [7, 11) is 0. The molecule has 0 fully saturated rings. The normalized spacial score (nSPS) is 10.0. The lowest BCUT2D eigenvalue weighted by atomic mass is 10.4. The first-order valence-electron chi connectivity index (χ1n) is 6.16. The second-order valence-electron chi connectivity index (χ2n) is 4.01. The summed E-state index contributed by atoms with van der Waals surface area (Å²) in [6.07, 6.45) is 3.10. The molecule has 0 atom stereocenters. The van der Waals surface area contributed by atoms with E-state index in [0.29, 0.717) is 34.8 Å². The van der Waals surface area contributed by atoms with E-state index in [1.807, 2.05) is 0 Å². The van der Waals surface area contributed by atoms with Crippen LogP contribution in [0.3, 0.4) is 0 Å². The lowest BCUT2D eigenvalue weighted by Crippen LogP contribution is -2.33. The summed E-state index contributed by atoms with van der Waals surface area (Å²) in [6.45, 7) is 0.878. The Morgan fingerprint density at radius 1 is 1.19 bits per heavy atom. The standard InChI is InChI=1S/C13H13Cl2N5O/c14-9-7-10(15)12(19-8-9)17-5-6-18-13(21)20-11-3-1-2-4-16-11/h1-4,7-8H,5-6H2,(H,17,19)(H2,16,18,20,21). The molecule has 0 radical (unpaired) electrons. The Labute approximate surface area is 131 Å². The minimum Gasteiger partial charge on any atom is -0.367 e. The largest absolute Gasteiger partial charge is 0.367 e. The molecule has 6 nitrogen and oxygen atoms in total. The molecular weight excluding hydrogens is 313 g/mol. The van der Waals surface area contributed by atoms with Gasteiger partial charge in [0.15, 0.2) is 0 Å². The third kappa shape index (κ3) is 5.09. The Bertz CT molecular complexity index is 609. The number of rotatable bonds is 5. The molecule has 0 spiro atoms. The molecule has 0 bridgehead atoms. The van der Waals surface area contributed by atoms with E-state index >= 15 is 0 Å². The van der Waals surface area contributed by atoms with Gasteiger partial charge in [-0.05, 0) is 18.2 Å². The van der Waals surface area contributed by atoms with Gasteiger partial charge in [-0.25, -0.2) is 14.8 Å². The van der Waals surface area contributed by atoms with Gasteiger partial charge in [0, 0.05) is 25.5 Å². The molecule has 2 amide bonds. The lowest BCUT2D eigenvalue weighted by molar-refractivity contribution is 0.252. The number of amides is 2. The first kappa shape index (κ1) is 15.3. The van der Waals surface area contributed by atoms with Crippen LogP contribution in [0.4, 0.5) is 16.4 Å². The molecule has 2 rings (SSSR count). The molecule has 0 saturated carbocycles. The highest BCUT2D eigenvalue weighted by atomic mass is 35.5. The number of nitrogens with one attached hydrogen (secondary N) is 3. The van der Waals surface area contributed by atoms with Crippen LogP contribution in [-0.4, -0.2) is 29.1 Å². The van der Waals surface area contributed by atoms with Gasteiger partial charge < -0.3 is 10.6 Å². The molecule has 2 aromatic rings. The Hall–Kier alpha value is -2.05. The predicted octanol–water partition coefficient (Wildman–Crippen LogP) is 3.02. The average molecular weight is 326 g/mol. The van der Waals surface area contributed by atoms with Crippen molar-refractivity contribution in [3.63, 3.8) is 0 Å². The van der Waals surface area contributed by atoms with Crippen molar-refractivity contribution in [1.29, 1.82) is 0 Å². The van der Waals surface area contributed by atoms with Crippen LogP contribution in [-0.2, 0) is 0 Å². The summed E-state index contributed by atoms with van der Waals surface area (Å²) >= 11 is 11.7. The molecule has 0 aliphatic heterocycles. The number of anilines is 2. The number of aromatic nitrogens is 2. The zero-order valence-electron chi connectivity index (χ0n) is 10.9. The molecule has 0 aliphatic rings. The quantitative estimate of drug-likeness (QED) is 0.738. The van der Waals surface area contributed by atoms with Crippen LogP contribution in [0.1, 0.15) is 0 Å². The first-order chi connectivity index (χ1) is 10.1. The summed E-state index contributed by atoms with van der Waals surface area (Å²) in [5, 5.41) is 9.20. The van der Waals surface area contributed by atoms with Gasteiger partial charge in [-0.15, -0.1) is 0 Å². The second-order valence-corrected chi connectivity index (χ2v) is 4.85. The molecule has 2 heterocycles. The zero-order valence-corrected chi connectivity index (χ0v) is 12.4. The van der Waals surface area contributed by atoms with E-state index < -0.39 is 0 Å². The van der Waals surface area contributed by atoms with E-state index in [9.17, 15) is 4.79 Å². The molecule has 0 aromatic carbocycles. The van der Waals surface area contributed by atoms with Crippen molar-refractivity contribution in [3.05, 3.63) is 46.7 Å². The van der Waals surface area contributed by atoms with Crippen molar-refractivity contribution >= 4 is 40.9 Å². The maximum absolute atomic E-state index is 11.6. The SMILES string of the molecule is O=C(NCCNc1ncc(Cl)cc1Cl)Nc1ccccn1. The highest BCUT2D eigenvalue weighted by molar-refractivity contribution is 6.35. The van der Waals surface area contributed by atoms with Crippen LogP contribution in [0.25, 0.3) is 0 Å². The van der Waals surface area contributed by atoms with Crippen LogP contribution in [0.5, 0.6) is 0 Å². The molecule has 0 aliphatic carbocycles. The summed E-state index contributed by atoms with van der Waals surface area (Å²) in [4.78, 5) is 19.6. The lowest BCUT2D eigenvalue weighted by Gasteiger charge is -2.09. The smallest absolute Gasteiger partial charge is 0.320 e. The van der Waals surface area contributed by atoms with Crippen molar-refractivity contribution in [1.82, 2.24) is 15.3 Å². The summed E-state index contributed by atoms with van der Waals surface area (Å²) in [5.41, 5.74) is 0. The number of nitrogens with zero attached hydrogens (tertiary/aromatic N) is 2. The number of hydrogen-bond donors (Lipinski definition) is 3. The fraction of sp³-hybridized carbons (Fsp3) is 0.154. The van der Waals surface area contributed by atoms with Crippen molar-refractivity contribution in [2.75, 3.05) is 23.7 Å². The van der Waals surface area contributed by atoms with Gasteiger partial charge in [0.2, 0.25) is 0 Å². The minimum atomic E-state index is -0.328. The predicted molar refractivity (Wildman–Crippen MR) is 84.0 cm³/mol. The third-order valence-corrected chi connectivity index (χ3v) is 2.91. The highest BCUT2D eigenvalue weighted by Crippen LogP contribution is 2.21. The van der Waals surface area contributed by atoms with Crippen molar-refractivity contribution < 1.29 is 4.79 Å². The molecule has 21 heavy (non-hydrogen) atoms. The number of urea groups is 1. The van der Waals surface area contributed by atoms with Gasteiger partial charge in [-0.1, -0.05) is 29.3 Å². The summed E-state index contributed by atoms with van der Waals surface area (Å²) < 4.78 is 0. The number of pyridine rings is 2. The topological polar surface area (TPSA) is 78.9 Å². The maximum Gasteiger partial charge on any atom is 0.320 e. The Kier molecular flexibility index (Phi) is 5.59. The van der Waals surface area contributed by atoms with Crippen LogP contribution in [0.15, 0.2) is 36.7 Å². The molecular formula is C13H13Cl2N5O. The molecule has 0 unspecified atom stereocenters.